The van der Waals surface area contributed by atoms with Crippen LogP contribution in [0.3, 0.4) is 0 Å². The fourth-order valence-corrected chi connectivity index (χ4v) is 4.31. The van der Waals surface area contributed by atoms with Crippen molar-refractivity contribution >= 4 is 23.3 Å². The molecule has 4 aromatic rings. The zero-order valence-corrected chi connectivity index (χ0v) is 20.8. The van der Waals surface area contributed by atoms with Crippen molar-refractivity contribution in [3.05, 3.63) is 90.0 Å². The molecule has 0 bridgehead atoms. The fraction of sp³-hybridized carbons (Fsp3) is 0.222. The van der Waals surface area contributed by atoms with Gasteiger partial charge >= 0.3 is 5.97 Å². The third kappa shape index (κ3) is 6.11. The molecule has 0 saturated heterocycles. The number of carboxylic acids is 1. The number of benzene rings is 3. The van der Waals surface area contributed by atoms with E-state index in [1.807, 2.05) is 85.8 Å². The van der Waals surface area contributed by atoms with Crippen molar-refractivity contribution in [1.29, 1.82) is 0 Å². The van der Waals surface area contributed by atoms with Crippen molar-refractivity contribution in [3.63, 3.8) is 0 Å². The topological polar surface area (TPSA) is 107 Å². The SMILES string of the molecule is CCCNC(=S)N(Cc1ccc(-c2ccccc2-c2nn[nH]n2)cc1)[C@@H](Cc1ccccc1)C(=O)O. The predicted octanol–water partition coefficient (Wildman–Crippen LogP) is 4.32. The molecule has 1 atom stereocenters. The van der Waals surface area contributed by atoms with Gasteiger partial charge < -0.3 is 15.3 Å². The number of hydrogen-bond donors (Lipinski definition) is 3. The maximum atomic E-state index is 12.4. The zero-order valence-electron chi connectivity index (χ0n) is 20.0. The highest BCUT2D eigenvalue weighted by Gasteiger charge is 2.28. The van der Waals surface area contributed by atoms with Gasteiger partial charge in [0.15, 0.2) is 5.11 Å². The predicted molar refractivity (Wildman–Crippen MR) is 143 cm³/mol. The molecule has 1 heterocycles. The Kier molecular flexibility index (Phi) is 8.36. The number of tetrazole rings is 1. The molecule has 0 unspecified atom stereocenters. The van der Waals surface area contributed by atoms with Crippen molar-refractivity contribution in [3.8, 4) is 22.5 Å². The van der Waals surface area contributed by atoms with E-state index in [-0.39, 0.29) is 0 Å². The number of carboxylic acid groups (broad SMARTS) is 1. The van der Waals surface area contributed by atoms with Crippen LogP contribution in [-0.4, -0.2) is 54.3 Å². The quantitative estimate of drug-likeness (QED) is 0.277. The second-order valence-electron chi connectivity index (χ2n) is 8.38. The normalized spacial score (nSPS) is 11.6. The highest BCUT2D eigenvalue weighted by Crippen LogP contribution is 2.30. The minimum absolute atomic E-state index is 0.347. The molecule has 0 aliphatic carbocycles. The van der Waals surface area contributed by atoms with Crippen molar-refractivity contribution in [2.75, 3.05) is 6.54 Å². The summed E-state index contributed by atoms with van der Waals surface area (Å²) in [6.45, 7) is 3.09. The summed E-state index contributed by atoms with van der Waals surface area (Å²) >= 11 is 5.65. The smallest absolute Gasteiger partial charge is 0.326 e. The summed E-state index contributed by atoms with van der Waals surface area (Å²) in [5, 5.41) is 28.2. The number of rotatable bonds is 10. The molecule has 9 heteroatoms. The lowest BCUT2D eigenvalue weighted by molar-refractivity contribution is -0.141. The Bertz CT molecular complexity index is 1280. The second kappa shape index (κ2) is 12.0. The first-order valence-electron chi connectivity index (χ1n) is 11.8. The van der Waals surface area contributed by atoms with Crippen LogP contribution in [0, 0.1) is 0 Å². The van der Waals surface area contributed by atoms with Gasteiger partial charge in [0, 0.05) is 25.1 Å². The van der Waals surface area contributed by atoms with Gasteiger partial charge in [-0.3, -0.25) is 0 Å². The molecule has 0 saturated carbocycles. The van der Waals surface area contributed by atoms with E-state index in [9.17, 15) is 9.90 Å². The number of hydrogen-bond acceptors (Lipinski definition) is 5. The molecule has 3 N–H and O–H groups in total. The molecule has 0 spiro atoms. The number of nitrogens with one attached hydrogen (secondary N) is 2. The molecule has 0 aliphatic heterocycles. The standard InChI is InChI=1S/C27H28N6O2S/c1-2-16-28-27(36)33(24(26(34)35)17-19-8-4-3-5-9-19)18-20-12-14-21(15-13-20)22-10-6-7-11-23(22)25-29-31-32-30-25/h3-15,24H,2,16-18H2,1H3,(H,28,36)(H,34,35)(H,29,30,31,32)/t24-/m0/s1. The van der Waals surface area contributed by atoms with Gasteiger partial charge in [-0.15, -0.1) is 10.2 Å². The lowest BCUT2D eigenvalue weighted by Gasteiger charge is -2.32. The molecule has 0 amide bonds. The molecule has 36 heavy (non-hydrogen) atoms. The number of aromatic nitrogens is 4. The Balaban J connectivity index is 1.60. The molecule has 1 aromatic heterocycles. The summed E-state index contributed by atoms with van der Waals surface area (Å²) in [6, 6.07) is 24.7. The monoisotopic (exact) mass is 500 g/mol. The highest BCUT2D eigenvalue weighted by atomic mass is 32.1. The number of thiocarbonyl (C=S) groups is 1. The molecule has 0 aliphatic rings. The van der Waals surface area contributed by atoms with E-state index in [4.69, 9.17) is 12.2 Å². The Labute approximate surface area is 215 Å². The van der Waals surface area contributed by atoms with E-state index in [1.165, 1.54) is 0 Å². The lowest BCUT2D eigenvalue weighted by atomic mass is 9.98. The molecule has 4 rings (SSSR count). The van der Waals surface area contributed by atoms with Gasteiger partial charge in [-0.25, -0.2) is 4.79 Å². The van der Waals surface area contributed by atoms with E-state index in [1.54, 1.807) is 4.90 Å². The first-order valence-corrected chi connectivity index (χ1v) is 12.2. The molecule has 0 radical (unpaired) electrons. The largest absolute Gasteiger partial charge is 0.480 e. The average molecular weight is 501 g/mol. The van der Waals surface area contributed by atoms with Crippen LogP contribution in [0.4, 0.5) is 0 Å². The van der Waals surface area contributed by atoms with Crippen LogP contribution in [0.1, 0.15) is 24.5 Å². The molecule has 8 nitrogen and oxygen atoms in total. The first-order chi connectivity index (χ1) is 17.6. The van der Waals surface area contributed by atoms with Crippen molar-refractivity contribution in [1.82, 2.24) is 30.8 Å². The molecule has 3 aromatic carbocycles. The van der Waals surface area contributed by atoms with Gasteiger partial charge in [-0.1, -0.05) is 85.8 Å². The van der Waals surface area contributed by atoms with Gasteiger partial charge in [0.1, 0.15) is 6.04 Å². The van der Waals surface area contributed by atoms with Gasteiger partial charge in [-0.05, 0) is 46.1 Å². The number of aliphatic carboxylic acids is 1. The number of carbonyl (C=O) groups is 1. The molecular weight excluding hydrogens is 472 g/mol. The highest BCUT2D eigenvalue weighted by molar-refractivity contribution is 7.80. The van der Waals surface area contributed by atoms with Crippen LogP contribution in [0.25, 0.3) is 22.5 Å². The summed E-state index contributed by atoms with van der Waals surface area (Å²) in [5.74, 6) is -0.386. The maximum Gasteiger partial charge on any atom is 0.326 e. The van der Waals surface area contributed by atoms with Crippen molar-refractivity contribution in [2.45, 2.75) is 32.4 Å². The van der Waals surface area contributed by atoms with E-state index in [0.29, 0.717) is 30.4 Å². The van der Waals surface area contributed by atoms with Gasteiger partial charge in [-0.2, -0.15) is 5.21 Å². The molecule has 0 fully saturated rings. The summed E-state index contributed by atoms with van der Waals surface area (Å²) in [7, 11) is 0. The Morgan fingerprint density at radius 1 is 1.00 bits per heavy atom. The molecule has 184 valence electrons. The van der Waals surface area contributed by atoms with Gasteiger partial charge in [0.05, 0.1) is 0 Å². The fourth-order valence-electron chi connectivity index (χ4n) is 4.02. The number of aromatic amines is 1. The van der Waals surface area contributed by atoms with Crippen LogP contribution < -0.4 is 5.32 Å². The third-order valence-corrected chi connectivity index (χ3v) is 6.23. The van der Waals surface area contributed by atoms with Crippen LogP contribution in [0.2, 0.25) is 0 Å². The second-order valence-corrected chi connectivity index (χ2v) is 8.77. The van der Waals surface area contributed by atoms with Crippen LogP contribution in [0.15, 0.2) is 78.9 Å². The van der Waals surface area contributed by atoms with E-state index in [2.05, 4.69) is 25.9 Å². The first kappa shape index (κ1) is 25.0. The number of nitrogens with zero attached hydrogens (tertiary/aromatic N) is 4. The average Bonchev–Trinajstić information content (AvgIpc) is 3.45. The number of H-pyrrole nitrogens is 1. The minimum Gasteiger partial charge on any atom is -0.480 e. The summed E-state index contributed by atoms with van der Waals surface area (Å²) in [4.78, 5) is 14.1. The third-order valence-electron chi connectivity index (χ3n) is 5.85. The Morgan fingerprint density at radius 2 is 1.69 bits per heavy atom. The summed E-state index contributed by atoms with van der Waals surface area (Å²) < 4.78 is 0. The van der Waals surface area contributed by atoms with Crippen molar-refractivity contribution < 1.29 is 9.90 Å². The van der Waals surface area contributed by atoms with E-state index < -0.39 is 12.0 Å². The van der Waals surface area contributed by atoms with Crippen molar-refractivity contribution in [2.24, 2.45) is 0 Å². The van der Waals surface area contributed by atoms with E-state index in [0.717, 1.165) is 34.2 Å². The summed E-state index contributed by atoms with van der Waals surface area (Å²) in [5.41, 5.74) is 4.75. The van der Waals surface area contributed by atoms with Gasteiger partial charge in [0.25, 0.3) is 0 Å². The van der Waals surface area contributed by atoms with Gasteiger partial charge in [0.2, 0.25) is 5.82 Å². The Morgan fingerprint density at radius 3 is 2.33 bits per heavy atom. The van der Waals surface area contributed by atoms with E-state index >= 15 is 0 Å². The van der Waals surface area contributed by atoms with Crippen LogP contribution in [0.5, 0.6) is 0 Å². The summed E-state index contributed by atoms with van der Waals surface area (Å²) in [6.07, 6.45) is 1.24. The van der Waals surface area contributed by atoms with Crippen LogP contribution >= 0.6 is 12.2 Å². The zero-order chi connectivity index (χ0) is 25.3. The lowest BCUT2D eigenvalue weighted by Crippen LogP contribution is -2.50. The minimum atomic E-state index is -0.912. The Hall–Kier alpha value is -4.11. The molecular formula is C27H28N6O2S. The van der Waals surface area contributed by atoms with Crippen LogP contribution in [-0.2, 0) is 17.8 Å². The maximum absolute atomic E-state index is 12.4.